The lowest BCUT2D eigenvalue weighted by atomic mass is 10.0. The van der Waals surface area contributed by atoms with Gasteiger partial charge in [0.1, 0.15) is 5.75 Å². The smallest absolute Gasteiger partial charge is 0.263 e. The van der Waals surface area contributed by atoms with Gasteiger partial charge in [0.2, 0.25) is 5.95 Å². The van der Waals surface area contributed by atoms with Crippen LogP contribution < -0.4 is 15.6 Å². The highest BCUT2D eigenvalue weighted by Crippen LogP contribution is 2.27. The molecule has 3 aromatic carbocycles. The van der Waals surface area contributed by atoms with Crippen LogP contribution in [0.3, 0.4) is 0 Å². The van der Waals surface area contributed by atoms with E-state index in [9.17, 15) is 9.59 Å². The number of carbonyl (C=O) groups excluding carboxylic acids is 1. The molecular weight excluding hydrogens is 547 g/mol. The lowest BCUT2D eigenvalue weighted by molar-refractivity contribution is 0.0731. The molecule has 38 heavy (non-hydrogen) atoms. The molecule has 2 heterocycles. The van der Waals surface area contributed by atoms with Crippen molar-refractivity contribution in [1.29, 1.82) is 0 Å². The number of anilines is 1. The number of ether oxygens (including phenoxy) is 1. The number of hydrogen-bond acceptors (Lipinski definition) is 5. The van der Waals surface area contributed by atoms with Gasteiger partial charge in [-0.15, -0.1) is 0 Å². The van der Waals surface area contributed by atoms with E-state index >= 15 is 0 Å². The summed E-state index contributed by atoms with van der Waals surface area (Å²) in [6, 6.07) is 19.5. The van der Waals surface area contributed by atoms with Crippen LogP contribution in [0.4, 0.5) is 5.95 Å². The Morgan fingerprint density at radius 1 is 1.00 bits per heavy atom. The minimum Gasteiger partial charge on any atom is -0.497 e. The summed E-state index contributed by atoms with van der Waals surface area (Å²) in [7, 11) is 1.61. The summed E-state index contributed by atoms with van der Waals surface area (Å²) in [5, 5.41) is 4.40. The van der Waals surface area contributed by atoms with Gasteiger partial charge in [0.15, 0.2) is 0 Å². The number of aromatic nitrogens is 2. The topological polar surface area (TPSA) is 76.5 Å². The largest absolute Gasteiger partial charge is 0.497 e. The Bertz CT molecular complexity index is 1570. The second-order valence-corrected chi connectivity index (χ2v) is 9.98. The molecule has 1 aromatic heterocycles. The summed E-state index contributed by atoms with van der Waals surface area (Å²) in [6.07, 6.45) is 0.359. The van der Waals surface area contributed by atoms with E-state index in [2.05, 4.69) is 5.32 Å². The van der Waals surface area contributed by atoms with Crippen molar-refractivity contribution in [3.63, 3.8) is 0 Å². The summed E-state index contributed by atoms with van der Waals surface area (Å²) in [6.45, 7) is 0.958. The Morgan fingerprint density at radius 2 is 1.76 bits per heavy atom. The fourth-order valence-electron chi connectivity index (χ4n) is 4.37. The summed E-state index contributed by atoms with van der Waals surface area (Å²) in [5.74, 6) is 0.876. The molecule has 0 aliphatic carbocycles. The molecule has 1 amide bonds. The zero-order valence-electron chi connectivity index (χ0n) is 20.4. The van der Waals surface area contributed by atoms with Gasteiger partial charge < -0.3 is 15.0 Å². The van der Waals surface area contributed by atoms with Crippen molar-refractivity contribution < 1.29 is 9.53 Å². The minimum atomic E-state index is -0.220. The van der Waals surface area contributed by atoms with Crippen molar-refractivity contribution in [3.8, 4) is 11.4 Å². The van der Waals surface area contributed by atoms with Crippen molar-refractivity contribution in [2.75, 3.05) is 19.0 Å². The first-order valence-electron chi connectivity index (χ1n) is 11.9. The number of amides is 1. The number of fused-ring (bicyclic) bond motifs is 1. The molecule has 0 radical (unpaired) electrons. The van der Waals surface area contributed by atoms with E-state index in [4.69, 9.17) is 44.5 Å². The highest BCUT2D eigenvalue weighted by Gasteiger charge is 2.28. The number of halogens is 3. The zero-order chi connectivity index (χ0) is 26.8. The Balaban J connectivity index is 1.51. The molecule has 194 valence electrons. The summed E-state index contributed by atoms with van der Waals surface area (Å²) >= 11 is 18.6. The molecule has 0 unspecified atom stereocenters. The fraction of sp³-hybridized carbons (Fsp3) is 0.179. The number of nitrogens with one attached hydrogen (secondary N) is 1. The SMILES string of the molecule is COc1ccc(CNc2nc3c(c(=O)n2-c2ccccc2Cl)CCN(C(=O)c2ccc(Cl)c(Cl)c2)C3)cc1. The first-order chi connectivity index (χ1) is 18.4. The van der Waals surface area contributed by atoms with Gasteiger partial charge in [-0.1, -0.05) is 59.1 Å². The van der Waals surface area contributed by atoms with Crippen LogP contribution >= 0.6 is 34.8 Å². The van der Waals surface area contributed by atoms with E-state index in [-0.39, 0.29) is 18.0 Å². The van der Waals surface area contributed by atoms with Crippen molar-refractivity contribution in [3.05, 3.63) is 115 Å². The van der Waals surface area contributed by atoms with E-state index in [1.54, 1.807) is 48.4 Å². The third kappa shape index (κ3) is 5.23. The number of methoxy groups -OCH3 is 1. The highest BCUT2D eigenvalue weighted by atomic mass is 35.5. The van der Waals surface area contributed by atoms with Gasteiger partial charge in [-0.2, -0.15) is 0 Å². The van der Waals surface area contributed by atoms with Crippen molar-refractivity contribution in [2.45, 2.75) is 19.5 Å². The van der Waals surface area contributed by atoms with Crippen LogP contribution in [-0.2, 0) is 19.5 Å². The average molecular weight is 570 g/mol. The maximum absolute atomic E-state index is 13.8. The zero-order valence-corrected chi connectivity index (χ0v) is 22.6. The van der Waals surface area contributed by atoms with Crippen LogP contribution in [0.5, 0.6) is 5.75 Å². The molecule has 7 nitrogen and oxygen atoms in total. The maximum Gasteiger partial charge on any atom is 0.263 e. The van der Waals surface area contributed by atoms with Gasteiger partial charge in [0, 0.05) is 24.2 Å². The van der Waals surface area contributed by atoms with Gasteiger partial charge in [0.25, 0.3) is 11.5 Å². The fourth-order valence-corrected chi connectivity index (χ4v) is 4.89. The summed E-state index contributed by atoms with van der Waals surface area (Å²) < 4.78 is 6.74. The van der Waals surface area contributed by atoms with Gasteiger partial charge >= 0.3 is 0 Å². The summed E-state index contributed by atoms with van der Waals surface area (Å²) in [4.78, 5) is 33.5. The number of benzene rings is 3. The Kier molecular flexibility index (Phi) is 7.61. The Morgan fingerprint density at radius 3 is 2.47 bits per heavy atom. The predicted molar refractivity (Wildman–Crippen MR) is 150 cm³/mol. The van der Waals surface area contributed by atoms with Crippen molar-refractivity contribution in [1.82, 2.24) is 14.5 Å². The van der Waals surface area contributed by atoms with E-state index in [0.717, 1.165) is 11.3 Å². The first kappa shape index (κ1) is 26.1. The molecule has 1 aliphatic heterocycles. The molecular formula is C28H23Cl3N4O3. The van der Waals surface area contributed by atoms with E-state index < -0.39 is 0 Å². The monoisotopic (exact) mass is 568 g/mol. The second kappa shape index (κ2) is 11.1. The third-order valence-electron chi connectivity index (χ3n) is 6.39. The van der Waals surface area contributed by atoms with E-state index in [0.29, 0.717) is 63.0 Å². The maximum atomic E-state index is 13.8. The van der Waals surface area contributed by atoms with Crippen LogP contribution in [0.25, 0.3) is 5.69 Å². The predicted octanol–water partition coefficient (Wildman–Crippen LogP) is 6.01. The van der Waals surface area contributed by atoms with E-state index in [1.807, 2.05) is 30.3 Å². The van der Waals surface area contributed by atoms with Gasteiger partial charge in [-0.25, -0.2) is 9.55 Å². The minimum absolute atomic E-state index is 0.185. The molecule has 5 rings (SSSR count). The molecule has 10 heteroatoms. The molecule has 1 aliphatic rings. The first-order valence-corrected chi connectivity index (χ1v) is 13.0. The molecule has 0 fully saturated rings. The molecule has 0 saturated heterocycles. The van der Waals surface area contributed by atoms with Crippen LogP contribution in [0.1, 0.15) is 27.2 Å². The van der Waals surface area contributed by atoms with Crippen LogP contribution in [0.2, 0.25) is 15.1 Å². The highest BCUT2D eigenvalue weighted by molar-refractivity contribution is 6.42. The molecule has 0 spiro atoms. The Hall–Kier alpha value is -3.52. The third-order valence-corrected chi connectivity index (χ3v) is 7.45. The normalized spacial score (nSPS) is 12.7. The van der Waals surface area contributed by atoms with Gasteiger partial charge in [0.05, 0.1) is 40.1 Å². The molecule has 0 atom stereocenters. The van der Waals surface area contributed by atoms with Crippen molar-refractivity contribution >= 4 is 46.7 Å². The lowest BCUT2D eigenvalue weighted by Crippen LogP contribution is -2.40. The number of rotatable bonds is 6. The quantitative estimate of drug-likeness (QED) is 0.308. The van der Waals surface area contributed by atoms with E-state index in [1.165, 1.54) is 4.57 Å². The molecule has 1 N–H and O–H groups in total. The number of para-hydroxylation sites is 1. The van der Waals surface area contributed by atoms with Gasteiger partial charge in [-0.05, 0) is 54.4 Å². The second-order valence-electron chi connectivity index (χ2n) is 8.76. The molecule has 0 bridgehead atoms. The van der Waals surface area contributed by atoms with Crippen LogP contribution in [-0.4, -0.2) is 34.0 Å². The standard InChI is InChI=1S/C28H23Cl3N4O3/c1-38-19-9-6-17(7-10-19)15-32-28-33-24-16-34(26(36)18-8-11-21(29)23(31)14-18)13-12-20(24)27(37)35(28)25-5-3-2-4-22(25)30/h2-11,14H,12-13,15-16H2,1H3,(H,32,33). The number of hydrogen-bond donors (Lipinski definition) is 1. The van der Waals surface area contributed by atoms with Crippen LogP contribution in [0, 0.1) is 0 Å². The van der Waals surface area contributed by atoms with Crippen molar-refractivity contribution in [2.24, 2.45) is 0 Å². The lowest BCUT2D eigenvalue weighted by Gasteiger charge is -2.29. The van der Waals surface area contributed by atoms with Gasteiger partial charge in [-0.3, -0.25) is 9.59 Å². The molecule has 4 aromatic rings. The Labute approximate surface area is 234 Å². The number of nitrogens with zero attached hydrogens (tertiary/aromatic N) is 3. The number of carbonyl (C=O) groups is 1. The summed E-state index contributed by atoms with van der Waals surface area (Å²) in [5.41, 5.74) is 2.79. The van der Waals surface area contributed by atoms with Crippen LogP contribution in [0.15, 0.2) is 71.5 Å². The average Bonchev–Trinajstić information content (AvgIpc) is 2.93. The molecule has 0 saturated carbocycles.